The van der Waals surface area contributed by atoms with Crippen molar-refractivity contribution in [3.05, 3.63) is 249 Å². The van der Waals surface area contributed by atoms with Gasteiger partial charge in [0.25, 0.3) is 0 Å². The van der Waals surface area contributed by atoms with Crippen LogP contribution in [0.25, 0.3) is 88.0 Å². The van der Waals surface area contributed by atoms with Crippen LogP contribution >= 0.6 is 0 Å². The quantitative estimate of drug-likeness (QED) is 0.139. The second kappa shape index (κ2) is 15.6. The van der Waals surface area contributed by atoms with E-state index in [0.717, 1.165) is 28.2 Å². The van der Waals surface area contributed by atoms with Crippen LogP contribution in [0.4, 0.5) is 17.1 Å². The lowest BCUT2D eigenvalue weighted by atomic mass is 9.90. The summed E-state index contributed by atoms with van der Waals surface area (Å²) in [5.41, 5.74) is 15.1. The summed E-state index contributed by atoms with van der Waals surface area (Å²) in [6.45, 7) is 0. The summed E-state index contributed by atoms with van der Waals surface area (Å²) in [6, 6.07) is 90.5. The molecule has 286 valence electrons. The van der Waals surface area contributed by atoms with E-state index in [1.165, 1.54) is 76.8 Å². The van der Waals surface area contributed by atoms with Crippen LogP contribution in [0.3, 0.4) is 0 Å². The summed E-state index contributed by atoms with van der Waals surface area (Å²) < 4.78 is 0. The van der Waals surface area contributed by atoms with E-state index in [2.05, 4.69) is 254 Å². The van der Waals surface area contributed by atoms with Crippen LogP contribution in [0.1, 0.15) is 0 Å². The van der Waals surface area contributed by atoms with E-state index in [4.69, 9.17) is 0 Å². The zero-order valence-electron chi connectivity index (χ0n) is 33.6. The van der Waals surface area contributed by atoms with Gasteiger partial charge in [0.2, 0.25) is 0 Å². The molecule has 1 nitrogen and oxygen atoms in total. The lowest BCUT2D eigenvalue weighted by molar-refractivity contribution is 1.28. The Hall–Kier alpha value is -8.00. The summed E-state index contributed by atoms with van der Waals surface area (Å²) in [5, 5.41) is 7.63. The van der Waals surface area contributed by atoms with Gasteiger partial charge in [-0.05, 0) is 119 Å². The molecule has 0 fully saturated rings. The molecule has 0 heterocycles. The molecule has 11 rings (SSSR count). The van der Waals surface area contributed by atoms with Gasteiger partial charge in [0.05, 0.1) is 5.69 Å². The Bertz CT molecular complexity index is 3320. The lowest BCUT2D eigenvalue weighted by Gasteiger charge is -2.29. The first-order valence-electron chi connectivity index (χ1n) is 21.0. The van der Waals surface area contributed by atoms with Crippen molar-refractivity contribution in [1.82, 2.24) is 0 Å². The normalized spacial score (nSPS) is 11.3. The standard InChI is InChI=1S/C60H41N/c1-4-14-42(15-5-1)44-24-26-48(27-25-44)55-21-12-13-23-59(55)61(52-35-32-45(33-36-52)43-16-6-2-7-17-43)53-37-39-54(58(41-53)46-18-8-3-9-19-46)50-34-38-57-51(40-50)31-30-49-29-28-47-20-10-11-22-56(47)60(49)57/h1-41H. The second-order valence-electron chi connectivity index (χ2n) is 15.7. The highest BCUT2D eigenvalue weighted by atomic mass is 15.1. The van der Waals surface area contributed by atoms with Gasteiger partial charge in [0.15, 0.2) is 0 Å². The Morgan fingerprint density at radius 1 is 0.230 bits per heavy atom. The molecule has 0 spiro atoms. The van der Waals surface area contributed by atoms with Gasteiger partial charge in [-0.15, -0.1) is 0 Å². The highest BCUT2D eigenvalue weighted by Gasteiger charge is 2.20. The third-order valence-electron chi connectivity index (χ3n) is 12.1. The van der Waals surface area contributed by atoms with Gasteiger partial charge in [-0.3, -0.25) is 0 Å². The highest BCUT2D eigenvalue weighted by Crippen LogP contribution is 2.45. The van der Waals surface area contributed by atoms with Crippen molar-refractivity contribution >= 4 is 49.4 Å². The molecule has 0 saturated carbocycles. The van der Waals surface area contributed by atoms with Crippen molar-refractivity contribution in [2.75, 3.05) is 4.90 Å². The van der Waals surface area contributed by atoms with E-state index >= 15 is 0 Å². The van der Waals surface area contributed by atoms with E-state index in [1.807, 2.05) is 0 Å². The van der Waals surface area contributed by atoms with Crippen LogP contribution in [0.15, 0.2) is 249 Å². The molecule has 0 saturated heterocycles. The first-order valence-corrected chi connectivity index (χ1v) is 21.0. The van der Waals surface area contributed by atoms with Crippen LogP contribution < -0.4 is 4.90 Å². The maximum atomic E-state index is 2.42. The molecule has 0 aliphatic carbocycles. The van der Waals surface area contributed by atoms with Crippen LogP contribution in [-0.4, -0.2) is 0 Å². The number of anilines is 3. The Balaban J connectivity index is 1.08. The molecule has 11 aromatic rings. The fourth-order valence-electron chi connectivity index (χ4n) is 9.03. The number of hydrogen-bond acceptors (Lipinski definition) is 1. The van der Waals surface area contributed by atoms with E-state index in [9.17, 15) is 0 Å². The lowest BCUT2D eigenvalue weighted by Crippen LogP contribution is -2.11. The molecule has 0 aliphatic rings. The summed E-state index contributed by atoms with van der Waals surface area (Å²) in [6.07, 6.45) is 0. The molecular formula is C60H41N. The Kier molecular flexibility index (Phi) is 9.26. The largest absolute Gasteiger partial charge is 0.310 e. The van der Waals surface area contributed by atoms with Gasteiger partial charge in [0.1, 0.15) is 0 Å². The first kappa shape index (κ1) is 36.1. The maximum absolute atomic E-state index is 2.42. The van der Waals surface area contributed by atoms with Crippen molar-refractivity contribution in [2.24, 2.45) is 0 Å². The fourth-order valence-corrected chi connectivity index (χ4v) is 9.03. The summed E-state index contributed by atoms with van der Waals surface area (Å²) in [7, 11) is 0. The fraction of sp³-hybridized carbons (Fsp3) is 0. The zero-order chi connectivity index (χ0) is 40.5. The second-order valence-corrected chi connectivity index (χ2v) is 15.7. The van der Waals surface area contributed by atoms with Gasteiger partial charge < -0.3 is 4.90 Å². The molecule has 11 aromatic carbocycles. The topological polar surface area (TPSA) is 3.24 Å². The van der Waals surface area contributed by atoms with Crippen molar-refractivity contribution in [3.8, 4) is 55.6 Å². The van der Waals surface area contributed by atoms with Crippen molar-refractivity contribution < 1.29 is 0 Å². The van der Waals surface area contributed by atoms with E-state index in [1.54, 1.807) is 0 Å². The summed E-state index contributed by atoms with van der Waals surface area (Å²) >= 11 is 0. The van der Waals surface area contributed by atoms with Crippen molar-refractivity contribution in [2.45, 2.75) is 0 Å². The molecule has 0 radical (unpaired) electrons. The number of benzene rings is 11. The molecule has 0 amide bonds. The molecule has 0 unspecified atom stereocenters. The molecule has 0 bridgehead atoms. The number of fused-ring (bicyclic) bond motifs is 5. The molecule has 0 N–H and O–H groups in total. The van der Waals surface area contributed by atoms with Gasteiger partial charge >= 0.3 is 0 Å². The third-order valence-corrected chi connectivity index (χ3v) is 12.1. The highest BCUT2D eigenvalue weighted by molar-refractivity contribution is 6.20. The average Bonchev–Trinajstić information content (AvgIpc) is 3.35. The Morgan fingerprint density at radius 3 is 1.41 bits per heavy atom. The van der Waals surface area contributed by atoms with Crippen molar-refractivity contribution in [1.29, 1.82) is 0 Å². The predicted molar refractivity (Wildman–Crippen MR) is 261 cm³/mol. The number of nitrogens with zero attached hydrogens (tertiary/aromatic N) is 1. The minimum Gasteiger partial charge on any atom is -0.310 e. The predicted octanol–water partition coefficient (Wildman–Crippen LogP) is 17.0. The average molecular weight is 776 g/mol. The first-order chi connectivity index (χ1) is 30.2. The SMILES string of the molecule is c1ccc(-c2ccc(-c3ccccc3N(c3ccc(-c4ccccc4)cc3)c3ccc(-c4ccc5c(ccc6ccc7ccccc7c65)c4)c(-c4ccccc4)c3)cc2)cc1. The Morgan fingerprint density at radius 2 is 0.705 bits per heavy atom. The molecule has 61 heavy (non-hydrogen) atoms. The smallest absolute Gasteiger partial charge is 0.0540 e. The Labute approximate surface area is 357 Å². The van der Waals surface area contributed by atoms with Gasteiger partial charge in [0, 0.05) is 16.9 Å². The summed E-state index contributed by atoms with van der Waals surface area (Å²) in [5.74, 6) is 0. The number of hydrogen-bond donors (Lipinski definition) is 0. The maximum Gasteiger partial charge on any atom is 0.0540 e. The molecule has 0 aromatic heterocycles. The number of para-hydroxylation sites is 1. The van der Waals surface area contributed by atoms with Gasteiger partial charge in [-0.25, -0.2) is 0 Å². The van der Waals surface area contributed by atoms with E-state index in [0.29, 0.717) is 0 Å². The monoisotopic (exact) mass is 775 g/mol. The van der Waals surface area contributed by atoms with Crippen LogP contribution in [0.5, 0.6) is 0 Å². The molecule has 0 aliphatic heterocycles. The zero-order valence-corrected chi connectivity index (χ0v) is 33.6. The van der Waals surface area contributed by atoms with E-state index in [-0.39, 0.29) is 0 Å². The van der Waals surface area contributed by atoms with Crippen LogP contribution in [-0.2, 0) is 0 Å². The van der Waals surface area contributed by atoms with E-state index < -0.39 is 0 Å². The molecule has 1 heteroatoms. The molecule has 0 atom stereocenters. The number of rotatable bonds is 8. The van der Waals surface area contributed by atoms with Crippen LogP contribution in [0, 0.1) is 0 Å². The minimum absolute atomic E-state index is 1.08. The van der Waals surface area contributed by atoms with Crippen LogP contribution in [0.2, 0.25) is 0 Å². The summed E-state index contributed by atoms with van der Waals surface area (Å²) in [4.78, 5) is 2.42. The minimum atomic E-state index is 1.08. The van der Waals surface area contributed by atoms with Crippen molar-refractivity contribution in [3.63, 3.8) is 0 Å². The third kappa shape index (κ3) is 6.83. The van der Waals surface area contributed by atoms with Gasteiger partial charge in [-0.1, -0.05) is 212 Å². The molecular weight excluding hydrogens is 735 g/mol. The van der Waals surface area contributed by atoms with Gasteiger partial charge in [-0.2, -0.15) is 0 Å².